The van der Waals surface area contributed by atoms with Crippen molar-refractivity contribution in [3.8, 4) is 11.5 Å². The minimum Gasteiger partial charge on any atom is -0.497 e. The number of rotatable bonds is 6. The Morgan fingerprint density at radius 1 is 1.14 bits per heavy atom. The van der Waals surface area contributed by atoms with Gasteiger partial charge in [-0.1, -0.05) is 23.4 Å². The first-order valence-electron chi connectivity index (χ1n) is 6.79. The molecule has 0 aliphatic carbocycles. The van der Waals surface area contributed by atoms with E-state index in [1.54, 1.807) is 18.9 Å². The first-order chi connectivity index (χ1) is 10.7. The molecule has 0 saturated carbocycles. The van der Waals surface area contributed by atoms with Crippen LogP contribution in [0.1, 0.15) is 0 Å². The van der Waals surface area contributed by atoms with Crippen LogP contribution in [0.2, 0.25) is 5.02 Å². The first-order valence-corrected chi connectivity index (χ1v) is 8.16. The summed E-state index contributed by atoms with van der Waals surface area (Å²) >= 11 is 7.46. The van der Waals surface area contributed by atoms with Crippen LogP contribution in [-0.2, 0) is 0 Å². The summed E-state index contributed by atoms with van der Waals surface area (Å²) in [5.74, 6) is 2.44. The Labute approximate surface area is 137 Å². The Morgan fingerprint density at radius 2 is 1.91 bits per heavy atom. The van der Waals surface area contributed by atoms with Crippen molar-refractivity contribution in [3.63, 3.8) is 0 Å². The molecule has 22 heavy (non-hydrogen) atoms. The lowest BCUT2D eigenvalue weighted by molar-refractivity contribution is 0.344. The van der Waals surface area contributed by atoms with Crippen molar-refractivity contribution >= 4 is 34.4 Å². The third-order valence-corrected chi connectivity index (χ3v) is 4.16. The number of hydrogen-bond acceptors (Lipinski definition) is 4. The SMILES string of the molecule is COc1ccc2nc(SCCOc3ccc(Cl)cc3)[nH]c2c1. The lowest BCUT2D eigenvalue weighted by Gasteiger charge is -2.04. The molecule has 3 aromatic rings. The van der Waals surface area contributed by atoms with Crippen LogP contribution in [0.4, 0.5) is 0 Å². The zero-order valence-corrected chi connectivity index (χ0v) is 13.6. The van der Waals surface area contributed by atoms with Gasteiger partial charge in [-0.3, -0.25) is 0 Å². The van der Waals surface area contributed by atoms with Crippen LogP contribution in [0.3, 0.4) is 0 Å². The Kier molecular flexibility index (Phi) is 4.75. The molecule has 3 rings (SSSR count). The molecule has 0 radical (unpaired) electrons. The number of fused-ring (bicyclic) bond motifs is 1. The number of thioether (sulfide) groups is 1. The molecule has 114 valence electrons. The van der Waals surface area contributed by atoms with Gasteiger partial charge in [0.25, 0.3) is 0 Å². The number of methoxy groups -OCH3 is 1. The molecule has 0 atom stereocenters. The normalized spacial score (nSPS) is 10.8. The minimum atomic E-state index is 0.604. The summed E-state index contributed by atoms with van der Waals surface area (Å²) in [5, 5.41) is 1.59. The number of nitrogens with one attached hydrogen (secondary N) is 1. The summed E-state index contributed by atoms with van der Waals surface area (Å²) in [7, 11) is 1.65. The molecular formula is C16H15ClN2O2S. The van der Waals surface area contributed by atoms with Gasteiger partial charge < -0.3 is 14.5 Å². The van der Waals surface area contributed by atoms with Crippen LogP contribution in [0.5, 0.6) is 11.5 Å². The summed E-state index contributed by atoms with van der Waals surface area (Å²) in [6.45, 7) is 0.604. The molecule has 0 saturated heterocycles. The van der Waals surface area contributed by atoms with Crippen molar-refractivity contribution in [2.75, 3.05) is 19.5 Å². The molecule has 6 heteroatoms. The van der Waals surface area contributed by atoms with Crippen LogP contribution in [0, 0.1) is 0 Å². The fourth-order valence-electron chi connectivity index (χ4n) is 1.99. The number of ether oxygens (including phenoxy) is 2. The molecular weight excluding hydrogens is 320 g/mol. The molecule has 2 aromatic carbocycles. The van der Waals surface area contributed by atoms with E-state index >= 15 is 0 Å². The molecule has 0 aliphatic heterocycles. The third kappa shape index (κ3) is 3.67. The van der Waals surface area contributed by atoms with E-state index in [1.807, 2.05) is 42.5 Å². The maximum atomic E-state index is 5.83. The average Bonchev–Trinajstić information content (AvgIpc) is 2.95. The zero-order valence-electron chi connectivity index (χ0n) is 12.0. The smallest absolute Gasteiger partial charge is 0.166 e. The van der Waals surface area contributed by atoms with Gasteiger partial charge >= 0.3 is 0 Å². The van der Waals surface area contributed by atoms with Crippen LogP contribution < -0.4 is 9.47 Å². The lowest BCUT2D eigenvalue weighted by Crippen LogP contribution is -2.00. The highest BCUT2D eigenvalue weighted by molar-refractivity contribution is 7.99. The lowest BCUT2D eigenvalue weighted by atomic mass is 10.3. The van der Waals surface area contributed by atoms with Crippen molar-refractivity contribution in [3.05, 3.63) is 47.5 Å². The topological polar surface area (TPSA) is 47.1 Å². The van der Waals surface area contributed by atoms with Gasteiger partial charge in [-0.05, 0) is 36.4 Å². The van der Waals surface area contributed by atoms with Crippen LogP contribution in [-0.4, -0.2) is 29.4 Å². The fraction of sp³-hybridized carbons (Fsp3) is 0.188. The van der Waals surface area contributed by atoms with E-state index in [0.29, 0.717) is 11.6 Å². The second kappa shape index (κ2) is 6.94. The predicted octanol–water partition coefficient (Wildman–Crippen LogP) is 4.40. The van der Waals surface area contributed by atoms with Crippen molar-refractivity contribution in [1.82, 2.24) is 9.97 Å². The van der Waals surface area contributed by atoms with Crippen LogP contribution >= 0.6 is 23.4 Å². The standard InChI is InChI=1S/C16H15ClN2O2S/c1-20-13-6-7-14-15(10-13)19-16(18-14)22-9-8-21-12-4-2-11(17)3-5-12/h2-7,10H,8-9H2,1H3,(H,18,19). The minimum absolute atomic E-state index is 0.604. The van der Waals surface area contributed by atoms with E-state index < -0.39 is 0 Å². The molecule has 1 heterocycles. The maximum Gasteiger partial charge on any atom is 0.166 e. The molecule has 0 spiro atoms. The number of benzene rings is 2. The van der Waals surface area contributed by atoms with Gasteiger partial charge in [-0.2, -0.15) is 0 Å². The Hall–Kier alpha value is -1.85. The summed E-state index contributed by atoms with van der Waals surface area (Å²) < 4.78 is 10.9. The molecule has 0 fully saturated rings. The number of hydrogen-bond donors (Lipinski definition) is 1. The summed E-state index contributed by atoms with van der Waals surface area (Å²) in [6, 6.07) is 13.1. The van der Waals surface area contributed by atoms with Crippen molar-refractivity contribution in [1.29, 1.82) is 0 Å². The first kappa shape index (κ1) is 15.1. The van der Waals surface area contributed by atoms with Crippen LogP contribution in [0.25, 0.3) is 11.0 Å². The number of halogens is 1. The van der Waals surface area contributed by atoms with E-state index in [1.165, 1.54) is 0 Å². The number of aromatic amines is 1. The van der Waals surface area contributed by atoms with Crippen molar-refractivity contribution < 1.29 is 9.47 Å². The third-order valence-electron chi connectivity index (χ3n) is 3.07. The maximum absolute atomic E-state index is 5.83. The highest BCUT2D eigenvalue weighted by Gasteiger charge is 2.04. The van der Waals surface area contributed by atoms with Gasteiger partial charge in [0.2, 0.25) is 0 Å². The van der Waals surface area contributed by atoms with Gasteiger partial charge in [0.15, 0.2) is 5.16 Å². The molecule has 0 bridgehead atoms. The number of nitrogens with zero attached hydrogens (tertiary/aromatic N) is 1. The monoisotopic (exact) mass is 334 g/mol. The van der Waals surface area contributed by atoms with Gasteiger partial charge in [0, 0.05) is 16.8 Å². The number of H-pyrrole nitrogens is 1. The van der Waals surface area contributed by atoms with Crippen molar-refractivity contribution in [2.45, 2.75) is 5.16 Å². The van der Waals surface area contributed by atoms with Gasteiger partial charge in [0.05, 0.1) is 24.8 Å². The Balaban J connectivity index is 1.54. The number of aromatic nitrogens is 2. The molecule has 1 aromatic heterocycles. The fourth-order valence-corrected chi connectivity index (χ4v) is 2.82. The second-order valence-corrected chi connectivity index (χ2v) is 6.10. The molecule has 1 N–H and O–H groups in total. The quantitative estimate of drug-likeness (QED) is 0.536. The summed E-state index contributed by atoms with van der Waals surface area (Å²) in [6.07, 6.45) is 0. The molecule has 0 amide bonds. The predicted molar refractivity (Wildman–Crippen MR) is 90.3 cm³/mol. The van der Waals surface area contributed by atoms with E-state index in [4.69, 9.17) is 21.1 Å². The zero-order chi connectivity index (χ0) is 15.4. The Bertz CT molecular complexity index is 758. The van der Waals surface area contributed by atoms with E-state index in [2.05, 4.69) is 9.97 Å². The number of imidazole rings is 1. The van der Waals surface area contributed by atoms with E-state index in [0.717, 1.165) is 33.4 Å². The Morgan fingerprint density at radius 3 is 2.68 bits per heavy atom. The molecule has 0 unspecified atom stereocenters. The highest BCUT2D eigenvalue weighted by atomic mass is 35.5. The second-order valence-electron chi connectivity index (χ2n) is 4.58. The summed E-state index contributed by atoms with van der Waals surface area (Å²) in [4.78, 5) is 7.80. The van der Waals surface area contributed by atoms with Gasteiger partial charge in [-0.15, -0.1) is 0 Å². The molecule has 4 nitrogen and oxygen atoms in total. The average molecular weight is 335 g/mol. The van der Waals surface area contributed by atoms with Gasteiger partial charge in [-0.25, -0.2) is 4.98 Å². The van der Waals surface area contributed by atoms with E-state index in [-0.39, 0.29) is 0 Å². The molecule has 0 aliphatic rings. The van der Waals surface area contributed by atoms with Crippen LogP contribution in [0.15, 0.2) is 47.6 Å². The highest BCUT2D eigenvalue weighted by Crippen LogP contribution is 2.23. The van der Waals surface area contributed by atoms with Gasteiger partial charge in [0.1, 0.15) is 11.5 Å². The summed E-state index contributed by atoms with van der Waals surface area (Å²) in [5.41, 5.74) is 1.90. The largest absolute Gasteiger partial charge is 0.497 e. The van der Waals surface area contributed by atoms with Crippen molar-refractivity contribution in [2.24, 2.45) is 0 Å². The van der Waals surface area contributed by atoms with E-state index in [9.17, 15) is 0 Å².